The molecule has 0 radical (unpaired) electrons. The monoisotopic (exact) mass is 432 g/mol. The van der Waals surface area contributed by atoms with Gasteiger partial charge in [-0.15, -0.1) is 0 Å². The Bertz CT molecular complexity index is 1370. The van der Waals surface area contributed by atoms with Crippen LogP contribution < -0.4 is 0 Å². The molecule has 1 N–H and O–H groups in total. The van der Waals surface area contributed by atoms with Crippen molar-refractivity contribution in [2.75, 3.05) is 0 Å². The number of para-hydroxylation sites is 1. The smallest absolute Gasteiger partial charge is 0.146 e. The van der Waals surface area contributed by atoms with Gasteiger partial charge >= 0.3 is 0 Å². The summed E-state index contributed by atoms with van der Waals surface area (Å²) in [5.41, 5.74) is 4.41. The van der Waals surface area contributed by atoms with Gasteiger partial charge in [-0.25, -0.2) is 9.07 Å². The van der Waals surface area contributed by atoms with Crippen LogP contribution in [0.2, 0.25) is 5.02 Å². The predicted molar refractivity (Wildman–Crippen MR) is 119 cm³/mol. The van der Waals surface area contributed by atoms with Crippen LogP contribution in [-0.4, -0.2) is 14.9 Å². The number of hydrogen-bond donors (Lipinski definition) is 1. The molecule has 0 bridgehead atoms. The van der Waals surface area contributed by atoms with Gasteiger partial charge in [-0.3, -0.25) is 0 Å². The quantitative estimate of drug-likeness (QED) is 0.354. The summed E-state index contributed by atoms with van der Waals surface area (Å²) in [6, 6.07) is 19.1. The van der Waals surface area contributed by atoms with Crippen LogP contribution in [0.4, 0.5) is 4.39 Å². The summed E-state index contributed by atoms with van der Waals surface area (Å²) < 4.78 is 21.3. The van der Waals surface area contributed by atoms with Gasteiger partial charge < -0.3 is 9.52 Å². The molecule has 3 aromatic carbocycles. The van der Waals surface area contributed by atoms with Crippen molar-refractivity contribution in [3.05, 3.63) is 107 Å². The third kappa shape index (κ3) is 3.52. The Hall–Kier alpha value is -3.41. The number of aliphatic hydroxyl groups excluding tert-OH is 1. The second kappa shape index (κ2) is 7.69. The van der Waals surface area contributed by atoms with Gasteiger partial charge in [0, 0.05) is 27.7 Å². The summed E-state index contributed by atoms with van der Waals surface area (Å²) >= 11 is 6.40. The number of nitrogens with zero attached hydrogens (tertiary/aromatic N) is 2. The summed E-state index contributed by atoms with van der Waals surface area (Å²) in [6.45, 7) is 1.90. The van der Waals surface area contributed by atoms with Gasteiger partial charge in [-0.1, -0.05) is 41.9 Å². The summed E-state index contributed by atoms with van der Waals surface area (Å²) in [5, 5.41) is 17.0. The molecule has 0 aliphatic carbocycles. The van der Waals surface area contributed by atoms with Gasteiger partial charge in [0.25, 0.3) is 0 Å². The van der Waals surface area contributed by atoms with Gasteiger partial charge in [0.1, 0.15) is 23.3 Å². The van der Waals surface area contributed by atoms with E-state index in [1.165, 1.54) is 12.1 Å². The van der Waals surface area contributed by atoms with Gasteiger partial charge in [-0.2, -0.15) is 5.10 Å². The zero-order chi connectivity index (χ0) is 21.5. The van der Waals surface area contributed by atoms with Crippen LogP contribution in [0.5, 0.6) is 0 Å². The van der Waals surface area contributed by atoms with Crippen LogP contribution in [0, 0.1) is 12.7 Å². The number of benzene rings is 3. The summed E-state index contributed by atoms with van der Waals surface area (Å²) in [5.74, 6) is -0.0109. The maximum atomic E-state index is 13.4. The molecule has 2 aromatic heterocycles. The standard InChI is InChI=1S/C25H18ClFN2O2/c1-15-11-22-20(12-21(15)26)23(17-13-28-29(14-17)19-5-3-2-4-6-19)25(31-22)24(30)16-7-9-18(27)10-8-16/h2-14,24,30H,1H3/t24-/m0/s1. The fraction of sp³-hybridized carbons (Fsp3) is 0.0800. The van der Waals surface area contributed by atoms with Crippen molar-refractivity contribution in [2.24, 2.45) is 0 Å². The molecule has 0 saturated heterocycles. The van der Waals surface area contributed by atoms with E-state index in [1.54, 1.807) is 23.0 Å². The average Bonchev–Trinajstić information content (AvgIpc) is 3.40. The largest absolute Gasteiger partial charge is 0.457 e. The SMILES string of the molecule is Cc1cc2oc([C@@H](O)c3ccc(F)cc3)c(-c3cnn(-c4ccccc4)c3)c2cc1Cl. The number of fused-ring (bicyclic) bond motifs is 1. The number of halogens is 2. The van der Waals surface area contributed by atoms with Gasteiger partial charge in [0.2, 0.25) is 0 Å². The van der Waals surface area contributed by atoms with E-state index in [0.717, 1.165) is 22.2 Å². The van der Waals surface area contributed by atoms with E-state index >= 15 is 0 Å². The Balaban J connectivity index is 1.70. The second-order valence-corrected chi connectivity index (χ2v) is 7.81. The lowest BCUT2D eigenvalue weighted by Crippen LogP contribution is -2.00. The fourth-order valence-electron chi connectivity index (χ4n) is 3.70. The number of rotatable bonds is 4. The van der Waals surface area contributed by atoms with Crippen molar-refractivity contribution in [2.45, 2.75) is 13.0 Å². The molecule has 0 spiro atoms. The highest BCUT2D eigenvalue weighted by molar-refractivity contribution is 6.32. The Kier molecular flexibility index (Phi) is 4.85. The molecule has 5 rings (SSSR count). The van der Waals surface area contributed by atoms with Crippen molar-refractivity contribution < 1.29 is 13.9 Å². The Labute approximate surface area is 183 Å². The van der Waals surface area contributed by atoms with Crippen molar-refractivity contribution in [1.29, 1.82) is 0 Å². The molecular formula is C25H18ClFN2O2. The van der Waals surface area contributed by atoms with E-state index in [4.69, 9.17) is 16.0 Å². The van der Waals surface area contributed by atoms with Crippen molar-refractivity contribution in [3.63, 3.8) is 0 Å². The third-order valence-electron chi connectivity index (χ3n) is 5.32. The third-order valence-corrected chi connectivity index (χ3v) is 5.73. The van der Waals surface area contributed by atoms with Crippen molar-refractivity contribution in [3.8, 4) is 16.8 Å². The molecule has 0 aliphatic heterocycles. The van der Waals surface area contributed by atoms with Crippen molar-refractivity contribution in [1.82, 2.24) is 9.78 Å². The van der Waals surface area contributed by atoms with Crippen LogP contribution in [0.25, 0.3) is 27.8 Å². The molecule has 154 valence electrons. The molecular weight excluding hydrogens is 415 g/mol. The first-order valence-corrected chi connectivity index (χ1v) is 10.2. The number of hydrogen-bond acceptors (Lipinski definition) is 3. The van der Waals surface area contributed by atoms with Gasteiger partial charge in [0.15, 0.2) is 0 Å². The molecule has 4 nitrogen and oxygen atoms in total. The van der Waals surface area contributed by atoms with E-state index in [1.807, 2.05) is 55.6 Å². The fourth-order valence-corrected chi connectivity index (χ4v) is 3.86. The summed E-state index contributed by atoms with van der Waals surface area (Å²) in [6.07, 6.45) is 2.53. The van der Waals surface area contributed by atoms with Crippen LogP contribution in [-0.2, 0) is 0 Å². The molecule has 0 aliphatic rings. The lowest BCUT2D eigenvalue weighted by atomic mass is 9.98. The molecule has 1 atom stereocenters. The molecule has 0 amide bonds. The second-order valence-electron chi connectivity index (χ2n) is 7.40. The van der Waals surface area contributed by atoms with E-state index in [0.29, 0.717) is 27.5 Å². The minimum Gasteiger partial charge on any atom is -0.457 e. The van der Waals surface area contributed by atoms with Crippen LogP contribution in [0.15, 0.2) is 83.5 Å². The van der Waals surface area contributed by atoms with Crippen LogP contribution in [0.1, 0.15) is 23.0 Å². The minimum atomic E-state index is -1.08. The molecule has 6 heteroatoms. The average molecular weight is 433 g/mol. The molecule has 5 aromatic rings. The van der Waals surface area contributed by atoms with Crippen LogP contribution in [0.3, 0.4) is 0 Å². The highest BCUT2D eigenvalue weighted by atomic mass is 35.5. The Morgan fingerprint density at radius 1 is 1.06 bits per heavy atom. The predicted octanol–water partition coefficient (Wildman–Crippen LogP) is 6.47. The van der Waals surface area contributed by atoms with Gasteiger partial charge in [-0.05, 0) is 54.4 Å². The van der Waals surface area contributed by atoms with E-state index in [9.17, 15) is 9.50 Å². The minimum absolute atomic E-state index is 0.357. The maximum Gasteiger partial charge on any atom is 0.146 e. The van der Waals surface area contributed by atoms with Crippen LogP contribution >= 0.6 is 11.6 Å². The lowest BCUT2D eigenvalue weighted by molar-refractivity contribution is 0.193. The zero-order valence-electron chi connectivity index (χ0n) is 16.6. The number of furan rings is 1. The maximum absolute atomic E-state index is 13.4. The van der Waals surface area contributed by atoms with E-state index < -0.39 is 6.10 Å². The number of aryl methyl sites for hydroxylation is 1. The number of aliphatic hydroxyl groups is 1. The highest BCUT2D eigenvalue weighted by Crippen LogP contribution is 2.41. The van der Waals surface area contributed by atoms with E-state index in [-0.39, 0.29) is 5.82 Å². The highest BCUT2D eigenvalue weighted by Gasteiger charge is 2.25. The lowest BCUT2D eigenvalue weighted by Gasteiger charge is -2.10. The first kappa shape index (κ1) is 19.5. The first-order valence-electron chi connectivity index (χ1n) is 9.78. The topological polar surface area (TPSA) is 51.2 Å². The molecule has 0 saturated carbocycles. The molecule has 31 heavy (non-hydrogen) atoms. The van der Waals surface area contributed by atoms with Gasteiger partial charge in [0.05, 0.1) is 11.9 Å². The first-order chi connectivity index (χ1) is 15.0. The Morgan fingerprint density at radius 2 is 1.81 bits per heavy atom. The Morgan fingerprint density at radius 3 is 2.55 bits per heavy atom. The zero-order valence-corrected chi connectivity index (χ0v) is 17.3. The normalized spacial score (nSPS) is 12.4. The van der Waals surface area contributed by atoms with Crippen molar-refractivity contribution >= 4 is 22.6 Å². The molecule has 0 fully saturated rings. The molecule has 0 unspecified atom stereocenters. The molecule has 2 heterocycles. The summed E-state index contributed by atoms with van der Waals surface area (Å²) in [4.78, 5) is 0. The van der Waals surface area contributed by atoms with E-state index in [2.05, 4.69) is 5.10 Å². The number of aromatic nitrogens is 2. The summed E-state index contributed by atoms with van der Waals surface area (Å²) in [7, 11) is 0.